The molecule has 2 aliphatic heterocycles. The van der Waals surface area contributed by atoms with Gasteiger partial charge in [-0.3, -0.25) is 14.2 Å². The van der Waals surface area contributed by atoms with Gasteiger partial charge in [0.2, 0.25) is 0 Å². The molecule has 0 unspecified atom stereocenters. The first-order valence-electron chi connectivity index (χ1n) is 12.6. The van der Waals surface area contributed by atoms with Crippen molar-refractivity contribution in [1.82, 2.24) is 34.4 Å². The lowest BCUT2D eigenvalue weighted by Crippen LogP contribution is -2.44. The number of thioether (sulfide) groups is 1. The Hall–Kier alpha value is -4.49. The summed E-state index contributed by atoms with van der Waals surface area (Å²) in [5, 5.41) is 1.12. The standard InChI is InChI=1S/C27H20ClN7O5S/c1-39-19-6-5-13(25(36)34-9-14-8-18(34)27(38)40-14)7-17(19)35-20(33-16-4-2-3-15(28)21(16)26(35)37)10-41-24-22-23(30-11-29-22)31-12-32-24/h2-7,11-12,14,18H,8-10H2,1H3,(H,29,30,31,32)/t14-,18-/m0/s1. The molecule has 1 N–H and O–H groups in total. The number of likely N-dealkylation sites (tertiary alicyclic amines) is 1. The summed E-state index contributed by atoms with van der Waals surface area (Å²) in [6.45, 7) is 0.326. The van der Waals surface area contributed by atoms with E-state index in [2.05, 4.69) is 19.9 Å². The lowest BCUT2D eigenvalue weighted by molar-refractivity contribution is -0.149. The highest BCUT2D eigenvalue weighted by atomic mass is 35.5. The molecule has 3 aromatic heterocycles. The summed E-state index contributed by atoms with van der Waals surface area (Å²) in [6.07, 6.45) is 3.14. The van der Waals surface area contributed by atoms with E-state index >= 15 is 0 Å². The molecule has 5 aromatic rings. The Labute approximate surface area is 240 Å². The molecule has 14 heteroatoms. The van der Waals surface area contributed by atoms with E-state index < -0.39 is 17.6 Å². The van der Waals surface area contributed by atoms with Crippen molar-refractivity contribution in [3.63, 3.8) is 0 Å². The van der Waals surface area contributed by atoms with Crippen LogP contribution in [0.4, 0.5) is 0 Å². The van der Waals surface area contributed by atoms with E-state index in [1.165, 1.54) is 41.0 Å². The van der Waals surface area contributed by atoms with Crippen molar-refractivity contribution in [3.05, 3.63) is 75.8 Å². The smallest absolute Gasteiger partial charge is 0.329 e. The molecule has 12 nitrogen and oxygen atoms in total. The second kappa shape index (κ2) is 9.85. The molecular weight excluding hydrogens is 570 g/mol. The Morgan fingerprint density at radius 2 is 2.10 bits per heavy atom. The summed E-state index contributed by atoms with van der Waals surface area (Å²) in [5.41, 5.74) is 1.80. The third kappa shape index (κ3) is 4.19. The number of amides is 1. The van der Waals surface area contributed by atoms with Crippen molar-refractivity contribution in [2.75, 3.05) is 13.7 Å². The van der Waals surface area contributed by atoms with Crippen molar-refractivity contribution >= 4 is 57.3 Å². The summed E-state index contributed by atoms with van der Waals surface area (Å²) >= 11 is 7.81. The van der Waals surface area contributed by atoms with E-state index in [1.807, 2.05) is 0 Å². The van der Waals surface area contributed by atoms with Gasteiger partial charge in [0.25, 0.3) is 11.5 Å². The number of aromatic nitrogens is 6. The molecular formula is C27H20ClN7O5S. The van der Waals surface area contributed by atoms with Crippen LogP contribution in [0, 0.1) is 0 Å². The molecule has 0 spiro atoms. The lowest BCUT2D eigenvalue weighted by Gasteiger charge is -2.26. The maximum absolute atomic E-state index is 14.1. The number of hydrogen-bond donors (Lipinski definition) is 1. The number of esters is 1. The number of imidazole rings is 1. The number of H-pyrrole nitrogens is 1. The maximum Gasteiger partial charge on any atom is 0.329 e. The average Bonchev–Trinajstić information content (AvgIpc) is 3.71. The molecule has 2 saturated heterocycles. The molecule has 0 saturated carbocycles. The van der Waals surface area contributed by atoms with E-state index in [1.54, 1.807) is 36.4 Å². The van der Waals surface area contributed by atoms with E-state index in [4.69, 9.17) is 26.1 Å². The van der Waals surface area contributed by atoms with Crippen molar-refractivity contribution in [3.8, 4) is 11.4 Å². The van der Waals surface area contributed by atoms with Gasteiger partial charge in [-0.15, -0.1) is 0 Å². The van der Waals surface area contributed by atoms with Crippen LogP contribution in [0.25, 0.3) is 27.8 Å². The van der Waals surface area contributed by atoms with Gasteiger partial charge in [-0.25, -0.2) is 24.7 Å². The number of benzene rings is 2. The van der Waals surface area contributed by atoms with Gasteiger partial charge in [-0.2, -0.15) is 0 Å². The van der Waals surface area contributed by atoms with E-state index in [0.29, 0.717) is 57.5 Å². The number of aromatic amines is 1. The van der Waals surface area contributed by atoms with Crippen molar-refractivity contribution in [2.45, 2.75) is 29.3 Å². The van der Waals surface area contributed by atoms with Gasteiger partial charge in [0, 0.05) is 12.0 Å². The minimum atomic E-state index is -0.610. The number of carbonyl (C=O) groups excluding carboxylic acids is 2. The number of hydrogen-bond acceptors (Lipinski definition) is 10. The number of nitrogens with one attached hydrogen (secondary N) is 1. The van der Waals surface area contributed by atoms with Crippen LogP contribution in [0.3, 0.4) is 0 Å². The molecule has 1 amide bonds. The Kier molecular flexibility index (Phi) is 6.12. The van der Waals surface area contributed by atoms with Crippen LogP contribution in [-0.2, 0) is 15.3 Å². The van der Waals surface area contributed by atoms with E-state index in [0.717, 1.165) is 0 Å². The Morgan fingerprint density at radius 1 is 1.22 bits per heavy atom. The van der Waals surface area contributed by atoms with Crippen LogP contribution >= 0.6 is 23.4 Å². The molecule has 206 valence electrons. The number of rotatable bonds is 6. The minimum Gasteiger partial charge on any atom is -0.495 e. The van der Waals surface area contributed by atoms with Gasteiger partial charge in [-0.05, 0) is 30.3 Å². The first kappa shape index (κ1) is 25.5. The number of nitrogens with zero attached hydrogens (tertiary/aromatic N) is 6. The van der Waals surface area contributed by atoms with Gasteiger partial charge in [0.15, 0.2) is 5.65 Å². The Balaban J connectivity index is 1.36. The number of methoxy groups -OCH3 is 1. The van der Waals surface area contributed by atoms with Crippen molar-refractivity contribution < 1.29 is 19.1 Å². The fraction of sp³-hybridized carbons (Fsp3) is 0.222. The van der Waals surface area contributed by atoms with Gasteiger partial charge in [0.05, 0.1) is 47.3 Å². The third-order valence-electron chi connectivity index (χ3n) is 7.19. The molecule has 2 atom stereocenters. The molecule has 0 aliphatic carbocycles. The van der Waals surface area contributed by atoms with Crippen molar-refractivity contribution in [2.24, 2.45) is 0 Å². The van der Waals surface area contributed by atoms with Gasteiger partial charge < -0.3 is 19.4 Å². The Bertz CT molecular complexity index is 1940. The molecule has 41 heavy (non-hydrogen) atoms. The minimum absolute atomic E-state index is 0.228. The average molecular weight is 590 g/mol. The summed E-state index contributed by atoms with van der Waals surface area (Å²) in [4.78, 5) is 61.8. The molecule has 2 aliphatic rings. The van der Waals surface area contributed by atoms with Gasteiger partial charge in [0.1, 0.15) is 40.6 Å². The zero-order valence-corrected chi connectivity index (χ0v) is 23.0. The monoisotopic (exact) mass is 589 g/mol. The predicted molar refractivity (Wildman–Crippen MR) is 149 cm³/mol. The summed E-state index contributed by atoms with van der Waals surface area (Å²) in [6, 6.07) is 9.27. The van der Waals surface area contributed by atoms with Crippen LogP contribution in [0.2, 0.25) is 5.02 Å². The maximum atomic E-state index is 14.1. The van der Waals surface area contributed by atoms with Crippen LogP contribution in [0.15, 0.2) is 58.9 Å². The number of ether oxygens (including phenoxy) is 2. The van der Waals surface area contributed by atoms with Crippen LogP contribution in [-0.4, -0.2) is 72.1 Å². The molecule has 2 aromatic carbocycles. The molecule has 5 heterocycles. The number of halogens is 1. The van der Waals surface area contributed by atoms with Crippen LogP contribution < -0.4 is 10.3 Å². The van der Waals surface area contributed by atoms with Gasteiger partial charge in [-0.1, -0.05) is 29.4 Å². The number of morpholine rings is 1. The summed E-state index contributed by atoms with van der Waals surface area (Å²) in [7, 11) is 1.48. The van der Waals surface area contributed by atoms with E-state index in [-0.39, 0.29) is 28.2 Å². The fourth-order valence-corrected chi connectivity index (χ4v) is 6.43. The summed E-state index contributed by atoms with van der Waals surface area (Å²) in [5.74, 6) is 0.224. The highest BCUT2D eigenvalue weighted by molar-refractivity contribution is 7.98. The van der Waals surface area contributed by atoms with Crippen LogP contribution in [0.1, 0.15) is 22.6 Å². The molecule has 2 bridgehead atoms. The van der Waals surface area contributed by atoms with Crippen LogP contribution in [0.5, 0.6) is 5.75 Å². The predicted octanol–water partition coefficient (Wildman–Crippen LogP) is 3.15. The second-order valence-corrected chi connectivity index (χ2v) is 10.9. The first-order chi connectivity index (χ1) is 19.9. The lowest BCUT2D eigenvalue weighted by atomic mass is 10.1. The van der Waals surface area contributed by atoms with Gasteiger partial charge >= 0.3 is 5.97 Å². The third-order valence-corrected chi connectivity index (χ3v) is 8.49. The fourth-order valence-electron chi connectivity index (χ4n) is 5.30. The topological polar surface area (TPSA) is 145 Å². The quantitative estimate of drug-likeness (QED) is 0.178. The highest BCUT2D eigenvalue weighted by Gasteiger charge is 2.48. The first-order valence-corrected chi connectivity index (χ1v) is 14.0. The highest BCUT2D eigenvalue weighted by Crippen LogP contribution is 2.33. The summed E-state index contributed by atoms with van der Waals surface area (Å²) < 4.78 is 12.3. The molecule has 2 fully saturated rings. The second-order valence-electron chi connectivity index (χ2n) is 9.53. The Morgan fingerprint density at radius 3 is 2.90 bits per heavy atom. The number of fused-ring (bicyclic) bond motifs is 4. The molecule has 7 rings (SSSR count). The van der Waals surface area contributed by atoms with Crippen molar-refractivity contribution in [1.29, 1.82) is 0 Å². The van der Waals surface area contributed by atoms with E-state index in [9.17, 15) is 14.4 Å². The number of carbonyl (C=O) groups is 2. The zero-order chi connectivity index (χ0) is 28.2. The zero-order valence-electron chi connectivity index (χ0n) is 21.4. The molecule has 0 radical (unpaired) electrons. The SMILES string of the molecule is COc1ccc(C(=O)N2C[C@@H]3C[C@H]2C(=O)O3)cc1-n1c(CSc2ncnc3nc[nH]c23)nc2cccc(Cl)c2c1=O. The normalized spacial score (nSPS) is 17.9. The largest absolute Gasteiger partial charge is 0.495 e.